The lowest BCUT2D eigenvalue weighted by molar-refractivity contribution is -0.0373. The average Bonchev–Trinajstić information content (AvgIpc) is 3.70. The first-order valence-corrected chi connectivity index (χ1v) is 17.5. The summed E-state index contributed by atoms with van der Waals surface area (Å²) in [7, 11) is 0. The van der Waals surface area contributed by atoms with E-state index < -0.39 is 17.1 Å². The van der Waals surface area contributed by atoms with E-state index >= 15 is 0 Å². The van der Waals surface area contributed by atoms with Gasteiger partial charge in [0, 0.05) is 22.4 Å². The van der Waals surface area contributed by atoms with Crippen LogP contribution in [0.25, 0.3) is 10.8 Å². The second kappa shape index (κ2) is 12.1. The summed E-state index contributed by atoms with van der Waals surface area (Å²) < 4.78 is 6.57. The highest BCUT2D eigenvalue weighted by molar-refractivity contribution is 7.14. The van der Waals surface area contributed by atoms with Crippen molar-refractivity contribution in [2.75, 3.05) is 6.54 Å². The van der Waals surface area contributed by atoms with Crippen LogP contribution >= 0.6 is 11.3 Å². The van der Waals surface area contributed by atoms with Crippen LogP contribution in [0, 0.1) is 12.3 Å². The molecule has 8 rings (SSSR count). The minimum Gasteiger partial charge on any atom is -0.440 e. The molecule has 4 atom stereocenters. The molecule has 1 amide bonds. The topological polar surface area (TPSA) is 66.8 Å². The molecule has 2 fully saturated rings. The fourth-order valence-corrected chi connectivity index (χ4v) is 9.25. The number of aliphatic hydroxyl groups is 1. The van der Waals surface area contributed by atoms with Crippen LogP contribution in [0.15, 0.2) is 84.4 Å². The summed E-state index contributed by atoms with van der Waals surface area (Å²) >= 11 is 1.53. The third-order valence-electron chi connectivity index (χ3n) is 11.1. The second-order valence-corrected chi connectivity index (χ2v) is 15.3. The van der Waals surface area contributed by atoms with Crippen LogP contribution in [0.4, 0.5) is 4.79 Å². The molecule has 1 saturated heterocycles. The predicted octanol–water partition coefficient (Wildman–Crippen LogP) is 9.14. The van der Waals surface area contributed by atoms with Crippen LogP contribution in [0.5, 0.6) is 0 Å². The van der Waals surface area contributed by atoms with E-state index in [1.54, 1.807) is 0 Å². The van der Waals surface area contributed by atoms with Gasteiger partial charge in [0.2, 0.25) is 5.78 Å². The molecule has 5 nitrogen and oxygen atoms in total. The van der Waals surface area contributed by atoms with Crippen LogP contribution in [0.1, 0.15) is 95.1 Å². The molecule has 2 heterocycles. The van der Waals surface area contributed by atoms with Gasteiger partial charge < -0.3 is 9.84 Å². The monoisotopic (exact) mass is 633 g/mol. The molecule has 3 aliphatic carbocycles. The Morgan fingerprint density at radius 3 is 2.67 bits per heavy atom. The van der Waals surface area contributed by atoms with Crippen LogP contribution < -0.4 is 0 Å². The van der Waals surface area contributed by atoms with Gasteiger partial charge >= 0.3 is 6.09 Å². The second-order valence-electron chi connectivity index (χ2n) is 14.0. The minimum absolute atomic E-state index is 0.0356. The standard InChI is InChI=1S/C40H43NO4S/c1-26-8-7-20-39(3)35(33-17-15-28(22-31(42)16-13-26)23-34(33)37(43)36-18-14-27(2)46-36)19-21-40(39)25-41(38(44)45-40)24-30-11-6-10-29-9-4-5-12-32(29)30/h4-6,8-12,14-15,17-18,23,31,35,42H,7,13,16,19-22,24-25H2,1-3H3/t31-,35-,39-,40+/m0/s1. The van der Waals surface area contributed by atoms with Gasteiger partial charge in [-0.25, -0.2) is 4.79 Å². The van der Waals surface area contributed by atoms with Gasteiger partial charge in [-0.1, -0.05) is 73.2 Å². The Morgan fingerprint density at radius 1 is 1.02 bits per heavy atom. The average molecular weight is 634 g/mol. The third kappa shape index (κ3) is 5.50. The molecule has 1 N–H and O–H groups in total. The molecule has 0 radical (unpaired) electrons. The van der Waals surface area contributed by atoms with Gasteiger partial charge in [-0.3, -0.25) is 9.69 Å². The zero-order valence-corrected chi connectivity index (χ0v) is 27.9. The van der Waals surface area contributed by atoms with Gasteiger partial charge in [0.15, 0.2) is 0 Å². The molecule has 2 bridgehead atoms. The molecule has 3 aromatic carbocycles. The molecule has 1 spiro atoms. The number of benzene rings is 3. The minimum atomic E-state index is -0.660. The number of hydrogen-bond donors (Lipinski definition) is 1. The van der Waals surface area contributed by atoms with Gasteiger partial charge in [0.05, 0.1) is 17.5 Å². The van der Waals surface area contributed by atoms with E-state index in [-0.39, 0.29) is 17.8 Å². The van der Waals surface area contributed by atoms with E-state index in [9.17, 15) is 14.7 Å². The van der Waals surface area contributed by atoms with E-state index in [0.717, 1.165) is 74.9 Å². The maximum atomic E-state index is 14.2. The van der Waals surface area contributed by atoms with Crippen molar-refractivity contribution in [2.45, 2.75) is 89.9 Å². The number of ether oxygens (including phenoxy) is 1. The number of aryl methyl sites for hydroxylation is 1. The van der Waals surface area contributed by atoms with Crippen molar-refractivity contribution in [2.24, 2.45) is 5.41 Å². The lowest BCUT2D eigenvalue weighted by Gasteiger charge is -2.43. The molecular formula is C40H43NO4S. The van der Waals surface area contributed by atoms with Crippen molar-refractivity contribution in [1.29, 1.82) is 0 Å². The fraction of sp³-hybridized carbons (Fsp3) is 0.400. The van der Waals surface area contributed by atoms with Crippen LogP contribution in [0.2, 0.25) is 0 Å². The zero-order valence-electron chi connectivity index (χ0n) is 27.1. The highest BCUT2D eigenvalue weighted by Crippen LogP contribution is 2.62. The highest BCUT2D eigenvalue weighted by atomic mass is 32.1. The lowest BCUT2D eigenvalue weighted by atomic mass is 9.65. The van der Waals surface area contributed by atoms with Gasteiger partial charge in [-0.05, 0) is 110 Å². The predicted molar refractivity (Wildman–Crippen MR) is 185 cm³/mol. The summed E-state index contributed by atoms with van der Waals surface area (Å²) in [4.78, 5) is 31.7. The summed E-state index contributed by atoms with van der Waals surface area (Å²) in [5.41, 5.74) is 4.09. The Morgan fingerprint density at radius 2 is 1.85 bits per heavy atom. The van der Waals surface area contributed by atoms with E-state index in [1.807, 2.05) is 42.2 Å². The lowest BCUT2D eigenvalue weighted by Crippen LogP contribution is -2.48. The van der Waals surface area contributed by atoms with Gasteiger partial charge in [0.25, 0.3) is 0 Å². The van der Waals surface area contributed by atoms with Crippen LogP contribution in [-0.4, -0.2) is 40.1 Å². The number of ketones is 1. The largest absolute Gasteiger partial charge is 0.440 e. The maximum absolute atomic E-state index is 14.2. The number of nitrogens with zero attached hydrogens (tertiary/aromatic N) is 1. The molecule has 0 unspecified atom stereocenters. The molecule has 4 aromatic rings. The molecule has 1 aromatic heterocycles. The van der Waals surface area contributed by atoms with Crippen molar-refractivity contribution < 1.29 is 19.4 Å². The van der Waals surface area contributed by atoms with Crippen molar-refractivity contribution in [3.8, 4) is 0 Å². The molecule has 238 valence electrons. The van der Waals surface area contributed by atoms with Gasteiger partial charge in [-0.2, -0.15) is 0 Å². The molecule has 6 heteroatoms. The smallest absolute Gasteiger partial charge is 0.410 e. The summed E-state index contributed by atoms with van der Waals surface area (Å²) in [6.45, 7) is 7.51. The molecule has 4 aliphatic rings. The Labute approximate surface area is 275 Å². The molecular weight excluding hydrogens is 591 g/mol. The summed E-state index contributed by atoms with van der Waals surface area (Å²) in [5, 5.41) is 13.2. The first-order valence-electron chi connectivity index (χ1n) is 16.7. The Bertz CT molecular complexity index is 1830. The van der Waals surface area contributed by atoms with E-state index in [0.29, 0.717) is 25.9 Å². The number of aliphatic hydroxyl groups excluding tert-OH is 1. The SMILES string of the molecule is CC1=CCC[C@@]2(C)[C@@H](CC[C@@]23CN(Cc2cccc4ccccc24)C(=O)O3)c2ccc(cc2C(=O)c2ccc(C)s2)C[C@@H](O)CC1. The number of carbonyl (C=O) groups excluding carboxylic acids is 2. The number of rotatable bonds is 4. The molecule has 46 heavy (non-hydrogen) atoms. The van der Waals surface area contributed by atoms with Crippen molar-refractivity contribution >= 4 is 34.0 Å². The Kier molecular flexibility index (Phi) is 8.14. The van der Waals surface area contributed by atoms with Gasteiger partial charge in [0.1, 0.15) is 5.60 Å². The summed E-state index contributed by atoms with van der Waals surface area (Å²) in [5.74, 6) is 0.0741. The van der Waals surface area contributed by atoms with Crippen LogP contribution in [0.3, 0.4) is 0 Å². The van der Waals surface area contributed by atoms with Gasteiger partial charge in [-0.15, -0.1) is 11.3 Å². The number of allylic oxidation sites excluding steroid dienone is 2. The number of hydrogen-bond acceptors (Lipinski definition) is 5. The van der Waals surface area contributed by atoms with E-state index in [1.165, 1.54) is 16.9 Å². The molecule has 1 saturated carbocycles. The van der Waals surface area contributed by atoms with Crippen molar-refractivity contribution in [3.05, 3.63) is 116 Å². The summed E-state index contributed by atoms with van der Waals surface area (Å²) in [6.07, 6.45) is 6.89. The number of amides is 1. The number of fused-ring (bicyclic) bond motifs is 9. The van der Waals surface area contributed by atoms with Crippen molar-refractivity contribution in [1.82, 2.24) is 4.90 Å². The van der Waals surface area contributed by atoms with E-state index in [2.05, 4.69) is 62.4 Å². The fourth-order valence-electron chi connectivity index (χ4n) is 8.43. The first-order chi connectivity index (χ1) is 22.2. The Balaban J connectivity index is 1.29. The summed E-state index contributed by atoms with van der Waals surface area (Å²) in [6, 6.07) is 24.8. The normalized spacial score (nSPS) is 26.7. The zero-order chi connectivity index (χ0) is 32.1. The number of thiophene rings is 1. The van der Waals surface area contributed by atoms with Crippen LogP contribution in [-0.2, 0) is 17.7 Å². The number of carbonyl (C=O) groups is 2. The quantitative estimate of drug-likeness (QED) is 0.180. The highest BCUT2D eigenvalue weighted by Gasteiger charge is 2.64. The third-order valence-corrected chi connectivity index (χ3v) is 12.1. The molecule has 1 aliphatic heterocycles. The Hall–Kier alpha value is -3.74. The van der Waals surface area contributed by atoms with E-state index in [4.69, 9.17) is 4.74 Å². The maximum Gasteiger partial charge on any atom is 0.410 e. The van der Waals surface area contributed by atoms with Crippen molar-refractivity contribution in [3.63, 3.8) is 0 Å². The first kappa shape index (κ1) is 30.9.